The number of piperidine rings is 1. The van der Waals surface area contributed by atoms with Crippen LogP contribution in [0.3, 0.4) is 0 Å². The average molecular weight is 670 g/mol. The summed E-state index contributed by atoms with van der Waals surface area (Å²) in [4.78, 5) is 79.1. The number of nitrogens with zero attached hydrogens (tertiary/aromatic N) is 4. The van der Waals surface area contributed by atoms with Gasteiger partial charge in [-0.2, -0.15) is 0 Å². The van der Waals surface area contributed by atoms with Crippen molar-refractivity contribution in [2.24, 2.45) is 7.05 Å². The molecule has 4 amide bonds. The van der Waals surface area contributed by atoms with Gasteiger partial charge in [0.15, 0.2) is 0 Å². The number of carboxylic acid groups (broad SMARTS) is 1. The lowest BCUT2D eigenvalue weighted by Gasteiger charge is -2.27. The molecule has 254 valence electrons. The van der Waals surface area contributed by atoms with Crippen LogP contribution in [0.2, 0.25) is 0 Å². The molecule has 1 unspecified atom stereocenters. The third-order valence-electron chi connectivity index (χ3n) is 8.65. The predicted octanol–water partition coefficient (Wildman–Crippen LogP) is 2.39. The van der Waals surface area contributed by atoms with Gasteiger partial charge < -0.3 is 24.0 Å². The van der Waals surface area contributed by atoms with Crippen molar-refractivity contribution in [3.8, 4) is 22.6 Å². The number of ether oxygens (including phenoxy) is 2. The number of nitrogens with one attached hydrogen (secondary N) is 1. The molecule has 2 aromatic heterocycles. The van der Waals surface area contributed by atoms with Crippen LogP contribution >= 0.6 is 0 Å². The normalized spacial score (nSPS) is 15.5. The minimum atomic E-state index is -1.01. The maximum absolute atomic E-state index is 13.5. The number of rotatable bonds is 9. The summed E-state index contributed by atoms with van der Waals surface area (Å²) in [5, 5.41) is 10.4. The van der Waals surface area contributed by atoms with Crippen LogP contribution in [0.4, 0.5) is 0 Å². The third-order valence-corrected chi connectivity index (χ3v) is 8.65. The van der Waals surface area contributed by atoms with Crippen molar-refractivity contribution in [3.63, 3.8) is 0 Å². The molecule has 2 aromatic carbocycles. The van der Waals surface area contributed by atoms with Gasteiger partial charge in [0.25, 0.3) is 23.8 Å². The number of imide groups is 2. The molecule has 4 heterocycles. The summed E-state index contributed by atoms with van der Waals surface area (Å²) < 4.78 is 13.2. The molecule has 2 aliphatic rings. The highest BCUT2D eigenvalue weighted by Gasteiger charge is 2.45. The summed E-state index contributed by atoms with van der Waals surface area (Å²) in [6.45, 7) is 0.734. The molecule has 0 bridgehead atoms. The fourth-order valence-corrected chi connectivity index (χ4v) is 6.29. The number of pyridine rings is 2. The van der Waals surface area contributed by atoms with E-state index in [2.05, 4.69) is 15.2 Å². The molecule has 1 atom stereocenters. The van der Waals surface area contributed by atoms with E-state index in [1.165, 1.54) is 4.57 Å². The first-order valence-electron chi connectivity index (χ1n) is 15.3. The van der Waals surface area contributed by atoms with E-state index in [0.717, 1.165) is 27.0 Å². The number of carbonyl (C=O) groups excluding carboxylic acids is 4. The van der Waals surface area contributed by atoms with Gasteiger partial charge in [-0.15, -0.1) is 0 Å². The van der Waals surface area contributed by atoms with Crippen LogP contribution in [-0.4, -0.2) is 88.4 Å². The Morgan fingerprint density at radius 1 is 1.02 bits per heavy atom. The number of aryl methyl sites for hydroxylation is 1. The first-order valence-corrected chi connectivity index (χ1v) is 15.3. The van der Waals surface area contributed by atoms with Gasteiger partial charge in [0.2, 0.25) is 11.8 Å². The molecule has 2 N–H and O–H groups in total. The fraction of sp³-hybridized carbons (Fsp3) is 0.286. The Hall–Kier alpha value is -5.89. The molecule has 1 fully saturated rings. The molecule has 2 aliphatic heterocycles. The molecule has 0 radical (unpaired) electrons. The van der Waals surface area contributed by atoms with Crippen molar-refractivity contribution >= 4 is 40.9 Å². The SMILES string of the molecule is COc1cc(-c2cn(C)c(=O)c3cnccc23)cc(OC)c1CN(C)CCc1cccc2c1C(=O)N(C1CCC(=O)NC1=O)C2=O.O=CO. The van der Waals surface area contributed by atoms with Gasteiger partial charge in [0, 0.05) is 50.7 Å². The summed E-state index contributed by atoms with van der Waals surface area (Å²) in [7, 11) is 6.82. The average Bonchev–Trinajstić information content (AvgIpc) is 3.35. The van der Waals surface area contributed by atoms with Crippen LogP contribution < -0.4 is 20.3 Å². The van der Waals surface area contributed by atoms with E-state index in [0.29, 0.717) is 47.5 Å². The number of amides is 4. The topological polar surface area (TPSA) is 177 Å². The fourth-order valence-electron chi connectivity index (χ4n) is 6.29. The van der Waals surface area contributed by atoms with E-state index in [4.69, 9.17) is 19.4 Å². The highest BCUT2D eigenvalue weighted by molar-refractivity contribution is 6.24. The Morgan fingerprint density at radius 3 is 2.37 bits per heavy atom. The van der Waals surface area contributed by atoms with Crippen molar-refractivity contribution in [2.75, 3.05) is 27.8 Å². The number of hydrogen-bond acceptors (Lipinski definition) is 10. The molecule has 0 aliphatic carbocycles. The number of fused-ring (bicyclic) bond motifs is 2. The maximum Gasteiger partial charge on any atom is 0.290 e. The van der Waals surface area contributed by atoms with E-state index in [-0.39, 0.29) is 30.4 Å². The Kier molecular flexibility index (Phi) is 10.2. The van der Waals surface area contributed by atoms with Crippen LogP contribution in [-0.2, 0) is 34.4 Å². The Balaban J connectivity index is 0.00000151. The lowest BCUT2D eigenvalue weighted by molar-refractivity contribution is -0.136. The lowest BCUT2D eigenvalue weighted by atomic mass is 9.98. The number of aromatic nitrogens is 2. The molecular formula is C35H35N5O9. The number of benzene rings is 2. The minimum absolute atomic E-state index is 0.0640. The molecule has 49 heavy (non-hydrogen) atoms. The first-order chi connectivity index (χ1) is 23.5. The second kappa shape index (κ2) is 14.5. The van der Waals surface area contributed by atoms with E-state index < -0.39 is 29.7 Å². The molecule has 4 aromatic rings. The van der Waals surface area contributed by atoms with Gasteiger partial charge in [0.1, 0.15) is 17.5 Å². The quantitative estimate of drug-likeness (QED) is 0.198. The van der Waals surface area contributed by atoms with Gasteiger partial charge >= 0.3 is 0 Å². The summed E-state index contributed by atoms with van der Waals surface area (Å²) >= 11 is 0. The van der Waals surface area contributed by atoms with Crippen LogP contribution in [0, 0.1) is 0 Å². The number of likely N-dealkylation sites (N-methyl/N-ethyl adjacent to an activating group) is 1. The zero-order valence-electron chi connectivity index (χ0n) is 27.4. The Labute approximate surface area is 280 Å². The molecular weight excluding hydrogens is 634 g/mol. The van der Waals surface area contributed by atoms with Gasteiger partial charge in [-0.05, 0) is 60.7 Å². The Morgan fingerprint density at radius 2 is 1.71 bits per heavy atom. The van der Waals surface area contributed by atoms with Crippen molar-refractivity contribution in [2.45, 2.75) is 31.8 Å². The standard InChI is InChI=1S/C34H33N5O7.CH2O2/c1-37(13-11-19-6-5-7-22-30(19)34(44)39(33(22)43)26-8-9-29(40)36-31(26)41)17-25-27(45-3)14-20(15-28(25)46-4)24-18-38(2)32(42)23-16-35-12-10-21(23)24;2-1-3/h5-7,10,12,14-16,18,26H,8-9,11,13,17H2,1-4H3,(H,36,40,41);1H,(H,2,3). The Bertz CT molecular complexity index is 2010. The summed E-state index contributed by atoms with van der Waals surface area (Å²) in [6.07, 6.45) is 5.64. The van der Waals surface area contributed by atoms with E-state index >= 15 is 0 Å². The predicted molar refractivity (Wildman–Crippen MR) is 177 cm³/mol. The van der Waals surface area contributed by atoms with Crippen molar-refractivity contribution in [1.82, 2.24) is 24.7 Å². The molecule has 14 heteroatoms. The second-order valence-electron chi connectivity index (χ2n) is 11.6. The van der Waals surface area contributed by atoms with Crippen molar-refractivity contribution < 1.29 is 38.6 Å². The van der Waals surface area contributed by atoms with Gasteiger partial charge in [0.05, 0.1) is 36.3 Å². The number of carbonyl (C=O) groups is 5. The lowest BCUT2D eigenvalue weighted by Crippen LogP contribution is -2.54. The van der Waals surface area contributed by atoms with Crippen molar-refractivity contribution in [3.05, 3.63) is 87.6 Å². The summed E-state index contributed by atoms with van der Waals surface area (Å²) in [5.74, 6) is -0.878. The molecule has 0 spiro atoms. The van der Waals surface area contributed by atoms with Crippen LogP contribution in [0.15, 0.2) is 59.8 Å². The van der Waals surface area contributed by atoms with Gasteiger partial charge in [-0.3, -0.25) is 44.0 Å². The van der Waals surface area contributed by atoms with Crippen LogP contribution in [0.1, 0.15) is 44.7 Å². The zero-order valence-corrected chi connectivity index (χ0v) is 27.4. The highest BCUT2D eigenvalue weighted by atomic mass is 16.5. The molecule has 14 nitrogen and oxygen atoms in total. The molecule has 6 rings (SSSR count). The second-order valence-corrected chi connectivity index (χ2v) is 11.6. The third kappa shape index (κ3) is 6.63. The van der Waals surface area contributed by atoms with E-state index in [9.17, 15) is 24.0 Å². The smallest absolute Gasteiger partial charge is 0.290 e. The number of methoxy groups -OCH3 is 2. The maximum atomic E-state index is 13.5. The van der Waals surface area contributed by atoms with Gasteiger partial charge in [-0.1, -0.05) is 12.1 Å². The largest absolute Gasteiger partial charge is 0.496 e. The van der Waals surface area contributed by atoms with E-state index in [1.54, 1.807) is 52.0 Å². The summed E-state index contributed by atoms with van der Waals surface area (Å²) in [6, 6.07) is 9.78. The van der Waals surface area contributed by atoms with Gasteiger partial charge in [-0.25, -0.2) is 0 Å². The van der Waals surface area contributed by atoms with Crippen LogP contribution in [0.5, 0.6) is 11.5 Å². The van der Waals surface area contributed by atoms with Crippen LogP contribution in [0.25, 0.3) is 21.9 Å². The molecule has 1 saturated heterocycles. The zero-order chi connectivity index (χ0) is 35.4. The molecule has 0 saturated carbocycles. The minimum Gasteiger partial charge on any atom is -0.496 e. The highest BCUT2D eigenvalue weighted by Crippen LogP contribution is 2.38. The first kappa shape index (κ1) is 34.4. The number of hydrogen-bond donors (Lipinski definition) is 2. The van der Waals surface area contributed by atoms with Crippen molar-refractivity contribution in [1.29, 1.82) is 0 Å². The monoisotopic (exact) mass is 669 g/mol. The summed E-state index contributed by atoms with van der Waals surface area (Å²) in [5.41, 5.74) is 3.58. The van der Waals surface area contributed by atoms with E-state index in [1.807, 2.05) is 31.3 Å².